The lowest BCUT2D eigenvalue weighted by Gasteiger charge is -1.99. The zero-order chi connectivity index (χ0) is 11.3. The van der Waals surface area contributed by atoms with Gasteiger partial charge in [-0.05, 0) is 18.6 Å². The first-order chi connectivity index (χ1) is 7.68. The largest absolute Gasteiger partial charge is 0.481 e. The van der Waals surface area contributed by atoms with Gasteiger partial charge >= 0.3 is 5.97 Å². The van der Waals surface area contributed by atoms with E-state index in [1.54, 1.807) is 0 Å². The smallest absolute Gasteiger partial charge is 0.307 e. The maximum absolute atomic E-state index is 10.8. The molecular formula is C12H12N2O2. The number of imidazole rings is 1. The number of aryl methyl sites for hydroxylation is 1. The predicted molar refractivity (Wildman–Crippen MR) is 59.2 cm³/mol. The van der Waals surface area contributed by atoms with Gasteiger partial charge in [-0.2, -0.15) is 0 Å². The Morgan fingerprint density at radius 1 is 1.50 bits per heavy atom. The van der Waals surface area contributed by atoms with Gasteiger partial charge in [-0.3, -0.25) is 4.79 Å². The SMILES string of the molecule is Cn1c([C@@H]2C[C@H]2C(=O)O)nc2ccccc21. The standard InChI is InChI=1S/C12H12N2O2/c1-14-10-5-3-2-4-9(10)13-11(14)7-6-8(7)12(15)16/h2-5,7-8H,6H2,1H3,(H,15,16)/t7-,8-/m1/s1. The van der Waals surface area contributed by atoms with Gasteiger partial charge in [-0.25, -0.2) is 4.98 Å². The van der Waals surface area contributed by atoms with E-state index in [1.807, 2.05) is 35.9 Å². The molecule has 1 aliphatic rings. The second kappa shape index (κ2) is 3.07. The zero-order valence-corrected chi connectivity index (χ0v) is 8.92. The molecule has 0 amide bonds. The van der Waals surface area contributed by atoms with Crippen LogP contribution in [0.3, 0.4) is 0 Å². The third-order valence-corrected chi connectivity index (χ3v) is 3.26. The summed E-state index contributed by atoms with van der Waals surface area (Å²) in [6.07, 6.45) is 0.715. The number of nitrogens with zero attached hydrogens (tertiary/aromatic N) is 2. The van der Waals surface area contributed by atoms with Crippen molar-refractivity contribution >= 4 is 17.0 Å². The van der Waals surface area contributed by atoms with Crippen molar-refractivity contribution < 1.29 is 9.90 Å². The normalized spacial score (nSPS) is 23.6. The molecule has 1 N–H and O–H groups in total. The molecule has 0 spiro atoms. The van der Waals surface area contributed by atoms with Crippen LogP contribution in [0.25, 0.3) is 11.0 Å². The number of para-hydroxylation sites is 2. The molecule has 1 aromatic heterocycles. The first-order valence-corrected chi connectivity index (χ1v) is 5.32. The molecule has 16 heavy (non-hydrogen) atoms. The van der Waals surface area contributed by atoms with Gasteiger partial charge in [0.2, 0.25) is 0 Å². The van der Waals surface area contributed by atoms with E-state index in [0.29, 0.717) is 6.42 Å². The average molecular weight is 216 g/mol. The Bertz CT molecular complexity index is 573. The summed E-state index contributed by atoms with van der Waals surface area (Å²) in [6.45, 7) is 0. The summed E-state index contributed by atoms with van der Waals surface area (Å²) in [5, 5.41) is 8.91. The second-order valence-corrected chi connectivity index (χ2v) is 4.30. The van der Waals surface area contributed by atoms with Crippen LogP contribution in [0.1, 0.15) is 18.2 Å². The Morgan fingerprint density at radius 3 is 2.88 bits per heavy atom. The van der Waals surface area contributed by atoms with Crippen LogP contribution < -0.4 is 0 Å². The summed E-state index contributed by atoms with van der Waals surface area (Å²) in [4.78, 5) is 15.3. The molecule has 1 saturated carbocycles. The third kappa shape index (κ3) is 1.23. The van der Waals surface area contributed by atoms with Crippen molar-refractivity contribution in [3.63, 3.8) is 0 Å². The van der Waals surface area contributed by atoms with E-state index < -0.39 is 5.97 Å². The molecule has 1 fully saturated rings. The number of fused-ring (bicyclic) bond motifs is 1. The molecule has 3 rings (SSSR count). The highest BCUT2D eigenvalue weighted by atomic mass is 16.4. The molecule has 82 valence electrons. The summed E-state index contributed by atoms with van der Waals surface area (Å²) in [7, 11) is 1.95. The predicted octanol–water partition coefficient (Wildman–Crippen LogP) is 1.76. The van der Waals surface area contributed by atoms with E-state index in [2.05, 4.69) is 4.98 Å². The van der Waals surface area contributed by atoms with Crippen LogP contribution in [0.2, 0.25) is 0 Å². The van der Waals surface area contributed by atoms with Crippen LogP contribution in [0.15, 0.2) is 24.3 Å². The van der Waals surface area contributed by atoms with Crippen molar-refractivity contribution in [2.45, 2.75) is 12.3 Å². The fraction of sp³-hybridized carbons (Fsp3) is 0.333. The number of rotatable bonds is 2. The van der Waals surface area contributed by atoms with E-state index >= 15 is 0 Å². The monoisotopic (exact) mass is 216 g/mol. The Kier molecular flexibility index (Phi) is 1.80. The zero-order valence-electron chi connectivity index (χ0n) is 8.92. The highest BCUT2D eigenvalue weighted by Crippen LogP contribution is 2.47. The maximum atomic E-state index is 10.8. The minimum Gasteiger partial charge on any atom is -0.481 e. The molecule has 1 aromatic carbocycles. The number of benzene rings is 1. The maximum Gasteiger partial charge on any atom is 0.307 e. The van der Waals surface area contributed by atoms with E-state index in [-0.39, 0.29) is 11.8 Å². The minimum atomic E-state index is -0.711. The summed E-state index contributed by atoms with van der Waals surface area (Å²) in [5.41, 5.74) is 2.00. The number of carboxylic acids is 1. The number of aliphatic carboxylic acids is 1. The van der Waals surface area contributed by atoms with Gasteiger partial charge in [0.1, 0.15) is 5.82 Å². The van der Waals surface area contributed by atoms with E-state index in [9.17, 15) is 4.79 Å². The fourth-order valence-electron chi connectivity index (χ4n) is 2.25. The second-order valence-electron chi connectivity index (χ2n) is 4.30. The van der Waals surface area contributed by atoms with Crippen molar-refractivity contribution in [2.24, 2.45) is 13.0 Å². The first kappa shape index (κ1) is 9.39. The molecule has 0 unspecified atom stereocenters. The molecule has 0 saturated heterocycles. The van der Waals surface area contributed by atoms with Crippen molar-refractivity contribution in [1.29, 1.82) is 0 Å². The summed E-state index contributed by atoms with van der Waals surface area (Å²) < 4.78 is 2.00. The molecule has 1 heterocycles. The molecule has 1 aliphatic carbocycles. The highest BCUT2D eigenvalue weighted by molar-refractivity contribution is 5.78. The van der Waals surface area contributed by atoms with Crippen LogP contribution in [0.4, 0.5) is 0 Å². The van der Waals surface area contributed by atoms with Gasteiger partial charge in [0.05, 0.1) is 17.0 Å². The van der Waals surface area contributed by atoms with Crippen molar-refractivity contribution in [1.82, 2.24) is 9.55 Å². The Balaban J connectivity index is 2.06. The van der Waals surface area contributed by atoms with Crippen molar-refractivity contribution in [3.05, 3.63) is 30.1 Å². The Hall–Kier alpha value is -1.84. The van der Waals surface area contributed by atoms with Crippen LogP contribution in [-0.2, 0) is 11.8 Å². The molecular weight excluding hydrogens is 204 g/mol. The summed E-state index contributed by atoms with van der Waals surface area (Å²) in [6, 6.07) is 7.87. The minimum absolute atomic E-state index is 0.0925. The fourth-order valence-corrected chi connectivity index (χ4v) is 2.25. The van der Waals surface area contributed by atoms with E-state index in [0.717, 1.165) is 16.9 Å². The lowest BCUT2D eigenvalue weighted by Crippen LogP contribution is -2.02. The average Bonchev–Trinajstić information content (AvgIpc) is 3.00. The van der Waals surface area contributed by atoms with Gasteiger partial charge in [0.25, 0.3) is 0 Å². The molecule has 2 aromatic rings. The summed E-state index contributed by atoms with van der Waals surface area (Å²) >= 11 is 0. The quantitative estimate of drug-likeness (QED) is 0.832. The van der Waals surface area contributed by atoms with E-state index in [4.69, 9.17) is 5.11 Å². The molecule has 0 bridgehead atoms. The van der Waals surface area contributed by atoms with Gasteiger partial charge in [0, 0.05) is 13.0 Å². The number of hydrogen-bond donors (Lipinski definition) is 1. The van der Waals surface area contributed by atoms with Gasteiger partial charge in [0.15, 0.2) is 0 Å². The molecule has 4 nitrogen and oxygen atoms in total. The highest BCUT2D eigenvalue weighted by Gasteiger charge is 2.46. The molecule has 0 radical (unpaired) electrons. The topological polar surface area (TPSA) is 55.1 Å². The van der Waals surface area contributed by atoms with Crippen molar-refractivity contribution in [3.8, 4) is 0 Å². The molecule has 0 aliphatic heterocycles. The number of carbonyl (C=O) groups is 1. The van der Waals surface area contributed by atoms with Crippen LogP contribution in [0, 0.1) is 5.92 Å². The lowest BCUT2D eigenvalue weighted by atomic mass is 10.3. The van der Waals surface area contributed by atoms with Crippen LogP contribution in [-0.4, -0.2) is 20.6 Å². The first-order valence-electron chi connectivity index (χ1n) is 5.32. The van der Waals surface area contributed by atoms with Crippen molar-refractivity contribution in [2.75, 3.05) is 0 Å². The molecule has 4 heteroatoms. The Labute approximate surface area is 92.5 Å². The molecule has 2 atom stereocenters. The van der Waals surface area contributed by atoms with E-state index in [1.165, 1.54) is 0 Å². The third-order valence-electron chi connectivity index (χ3n) is 3.26. The van der Waals surface area contributed by atoms with Gasteiger partial charge < -0.3 is 9.67 Å². The van der Waals surface area contributed by atoms with Gasteiger partial charge in [-0.15, -0.1) is 0 Å². The Morgan fingerprint density at radius 2 is 2.25 bits per heavy atom. The lowest BCUT2D eigenvalue weighted by molar-refractivity contribution is -0.138. The summed E-state index contributed by atoms with van der Waals surface area (Å²) in [5.74, 6) is 0.0380. The number of hydrogen-bond acceptors (Lipinski definition) is 2. The number of carboxylic acid groups (broad SMARTS) is 1. The van der Waals surface area contributed by atoms with Crippen LogP contribution in [0.5, 0.6) is 0 Å². The van der Waals surface area contributed by atoms with Gasteiger partial charge in [-0.1, -0.05) is 12.1 Å². The van der Waals surface area contributed by atoms with Crippen LogP contribution >= 0.6 is 0 Å². The number of aromatic nitrogens is 2.